The predicted octanol–water partition coefficient (Wildman–Crippen LogP) is -6.83. The number of rotatable bonds is 26. The van der Waals surface area contributed by atoms with Crippen molar-refractivity contribution in [3.8, 4) is 0 Å². The lowest BCUT2D eigenvalue weighted by molar-refractivity contribution is -0.150. The molecule has 2 fully saturated rings. The maximum absolute atomic E-state index is 13.7. The molecule has 0 saturated carbocycles. The lowest BCUT2D eigenvalue weighted by atomic mass is 10.0. The average Bonchev–Trinajstić information content (AvgIpc) is 3.96. The summed E-state index contributed by atoms with van der Waals surface area (Å²) in [4.78, 5) is 135. The van der Waals surface area contributed by atoms with Gasteiger partial charge in [0.05, 0.1) is 31.3 Å². The number of guanidine groups is 1. The fourth-order valence-electron chi connectivity index (χ4n) is 7.03. The van der Waals surface area contributed by atoms with Crippen molar-refractivity contribution >= 4 is 65.2 Å². The van der Waals surface area contributed by atoms with Crippen LogP contribution in [0.5, 0.6) is 0 Å². The van der Waals surface area contributed by atoms with Gasteiger partial charge in [-0.05, 0) is 71.8 Å². The molecule has 11 atom stereocenters. The second-order valence-electron chi connectivity index (χ2n) is 16.5. The largest absolute Gasteiger partial charge is 0.481 e. The van der Waals surface area contributed by atoms with Gasteiger partial charge in [0.1, 0.15) is 48.3 Å². The second kappa shape index (κ2) is 26.7. The van der Waals surface area contributed by atoms with Gasteiger partial charge in [-0.15, -0.1) is 0 Å². The molecule has 0 aliphatic carbocycles. The molecule has 17 N–H and O–H groups in total. The van der Waals surface area contributed by atoms with Gasteiger partial charge in [-0.1, -0.05) is 13.8 Å². The molecular formula is C39H66N12O15. The Morgan fingerprint density at radius 3 is 1.74 bits per heavy atom. The molecular weight excluding hydrogens is 876 g/mol. The van der Waals surface area contributed by atoms with Gasteiger partial charge in [0.15, 0.2) is 5.96 Å². The highest BCUT2D eigenvalue weighted by Gasteiger charge is 2.40. The zero-order chi connectivity index (χ0) is 50.0. The highest BCUT2D eigenvalue weighted by Crippen LogP contribution is 2.19. The number of carbonyl (C=O) groups is 10. The fraction of sp³-hybridized carbons (Fsp3) is 0.718. The number of aliphatic imine (C=N–C) groups is 1. The van der Waals surface area contributed by atoms with E-state index in [1.165, 1.54) is 27.7 Å². The number of nitrogens with one attached hydrogen (secondary N) is 8. The van der Waals surface area contributed by atoms with Gasteiger partial charge in [-0.25, -0.2) is 4.79 Å². The van der Waals surface area contributed by atoms with Crippen LogP contribution in [-0.2, 0) is 47.9 Å². The minimum absolute atomic E-state index is 0.0139. The second-order valence-corrected chi connectivity index (χ2v) is 16.5. The number of carboxylic acid groups (broad SMARTS) is 2. The summed E-state index contributed by atoms with van der Waals surface area (Å²) in [6.45, 7) is 6.22. The normalized spacial score (nSPS) is 19.8. The summed E-state index contributed by atoms with van der Waals surface area (Å²) in [6, 6.07) is -13.0. The Morgan fingerprint density at radius 2 is 1.23 bits per heavy atom. The summed E-state index contributed by atoms with van der Waals surface area (Å²) < 4.78 is 0. The van der Waals surface area contributed by atoms with E-state index >= 15 is 0 Å². The van der Waals surface area contributed by atoms with E-state index in [1.54, 1.807) is 0 Å². The Labute approximate surface area is 380 Å². The minimum atomic E-state index is -1.86. The molecule has 2 aliphatic rings. The first-order chi connectivity index (χ1) is 30.9. The average molecular weight is 943 g/mol. The van der Waals surface area contributed by atoms with Gasteiger partial charge in [0.2, 0.25) is 47.3 Å². The van der Waals surface area contributed by atoms with Crippen LogP contribution in [-0.4, -0.2) is 188 Å². The Bertz CT molecular complexity index is 1790. The smallest absolute Gasteiger partial charge is 0.326 e. The highest BCUT2D eigenvalue weighted by atomic mass is 16.4. The molecule has 2 rings (SSSR count). The van der Waals surface area contributed by atoms with E-state index in [1.807, 2.05) is 0 Å². The van der Waals surface area contributed by atoms with E-state index in [0.717, 1.165) is 11.8 Å². The molecule has 372 valence electrons. The van der Waals surface area contributed by atoms with Crippen molar-refractivity contribution in [1.82, 2.24) is 47.4 Å². The number of nitrogens with zero attached hydrogens (tertiary/aromatic N) is 2. The van der Waals surface area contributed by atoms with Gasteiger partial charge < -0.3 is 84.4 Å². The van der Waals surface area contributed by atoms with E-state index in [0.29, 0.717) is 25.8 Å². The number of aliphatic hydroxyl groups is 3. The van der Waals surface area contributed by atoms with Crippen LogP contribution < -0.4 is 54.0 Å². The summed E-state index contributed by atoms with van der Waals surface area (Å²) in [7, 11) is 0. The van der Waals surface area contributed by atoms with Crippen molar-refractivity contribution in [3.05, 3.63) is 0 Å². The van der Waals surface area contributed by atoms with Crippen LogP contribution >= 0.6 is 0 Å². The van der Waals surface area contributed by atoms with Crippen molar-refractivity contribution in [3.63, 3.8) is 0 Å². The van der Waals surface area contributed by atoms with Crippen molar-refractivity contribution in [1.29, 1.82) is 0 Å². The van der Waals surface area contributed by atoms with E-state index in [9.17, 15) is 73.5 Å². The van der Waals surface area contributed by atoms with Crippen molar-refractivity contribution in [2.75, 3.05) is 26.2 Å². The SMILES string of the molecule is CC(C)[C@H](NC(=O)[C@H](CC(=O)O)NC(=O)[C@H](CCCN=C(N)N)NC(=O)[C@@H](NC(=O)[C@@H]1CCCN1)[C@@H](C)O)C(=O)N[C@@H](C)C(=O)N[C@H](C(=O)N[C@@H](CO)C(=O)N1CCC[C@H]1C(=O)O)[C@@H](C)O. The molecule has 0 aromatic rings. The van der Waals surface area contributed by atoms with Crippen LogP contribution in [0.2, 0.25) is 0 Å². The maximum Gasteiger partial charge on any atom is 0.326 e. The monoisotopic (exact) mass is 942 g/mol. The van der Waals surface area contributed by atoms with Crippen LogP contribution in [0.1, 0.15) is 79.6 Å². The number of amides is 8. The fourth-order valence-corrected chi connectivity index (χ4v) is 7.03. The molecule has 0 aromatic carbocycles. The van der Waals surface area contributed by atoms with Gasteiger partial charge in [0, 0.05) is 13.1 Å². The lowest BCUT2D eigenvalue weighted by Crippen LogP contribution is -2.62. The highest BCUT2D eigenvalue weighted by molar-refractivity contribution is 5.99. The third-order valence-electron chi connectivity index (χ3n) is 10.7. The number of carbonyl (C=O) groups excluding carboxylic acids is 8. The molecule has 0 spiro atoms. The van der Waals surface area contributed by atoms with E-state index in [-0.39, 0.29) is 38.3 Å². The Morgan fingerprint density at radius 1 is 0.682 bits per heavy atom. The van der Waals surface area contributed by atoms with E-state index in [2.05, 4.69) is 47.5 Å². The van der Waals surface area contributed by atoms with E-state index < -0.39 is 145 Å². The molecule has 0 bridgehead atoms. The third kappa shape index (κ3) is 17.3. The van der Waals surface area contributed by atoms with Gasteiger partial charge in [-0.3, -0.25) is 48.1 Å². The molecule has 0 unspecified atom stereocenters. The van der Waals surface area contributed by atoms with Crippen LogP contribution in [0.4, 0.5) is 0 Å². The first-order valence-electron chi connectivity index (χ1n) is 21.5. The molecule has 0 radical (unpaired) electrons. The molecule has 8 amide bonds. The van der Waals surface area contributed by atoms with Gasteiger partial charge in [-0.2, -0.15) is 0 Å². The lowest BCUT2D eigenvalue weighted by Gasteiger charge is -2.29. The van der Waals surface area contributed by atoms with Crippen LogP contribution in [0.3, 0.4) is 0 Å². The quantitative estimate of drug-likeness (QED) is 0.0218. The number of carboxylic acids is 2. The summed E-state index contributed by atoms with van der Waals surface area (Å²) in [6.07, 6.45) is -2.43. The number of aliphatic hydroxyl groups excluding tert-OH is 3. The number of aliphatic carboxylic acids is 2. The van der Waals surface area contributed by atoms with Crippen molar-refractivity contribution < 1.29 is 73.5 Å². The first-order valence-corrected chi connectivity index (χ1v) is 21.5. The number of likely N-dealkylation sites (tertiary alicyclic amines) is 1. The number of hydrogen-bond donors (Lipinski definition) is 15. The Kier molecular flexibility index (Phi) is 22.6. The number of nitrogens with two attached hydrogens (primary N) is 2. The van der Waals surface area contributed by atoms with Gasteiger partial charge >= 0.3 is 11.9 Å². The maximum atomic E-state index is 13.7. The minimum Gasteiger partial charge on any atom is -0.481 e. The third-order valence-corrected chi connectivity index (χ3v) is 10.7. The standard InChI is InChI=1S/C39H66N12O15/c1-17(2)27(34(61)44-18(3)30(57)49-28(19(4)53)36(63)47-24(16-52)37(64)51-14-8-11-25(51)38(65)66)48-33(60)23(15-26(55)56)46-32(59)22(10-7-13-43-39(40)41)45-35(62)29(20(5)54)50-31(58)21-9-6-12-42-21/h17-25,27-29,42,52-54H,6-16H2,1-5H3,(H,44,61)(H,45,62)(H,46,59)(H,47,63)(H,48,60)(H,49,57)(H,50,58)(H,55,56)(H,65,66)(H4,40,41,43)/t18-,19+,20+,21-,22-,23-,24-,25-,27-,28-,29-/m0/s1. The Balaban J connectivity index is 2.21. The topological polar surface area (TPSA) is 436 Å². The van der Waals surface area contributed by atoms with Crippen LogP contribution in [0.15, 0.2) is 4.99 Å². The molecule has 2 aliphatic heterocycles. The molecule has 27 nitrogen and oxygen atoms in total. The molecule has 0 aromatic heterocycles. The molecule has 27 heteroatoms. The first kappa shape index (κ1) is 55.9. The molecule has 2 saturated heterocycles. The molecule has 2 heterocycles. The van der Waals surface area contributed by atoms with Crippen molar-refractivity contribution in [2.24, 2.45) is 22.4 Å². The van der Waals surface area contributed by atoms with Gasteiger partial charge in [0.25, 0.3) is 0 Å². The Hall–Kier alpha value is -6.19. The van der Waals surface area contributed by atoms with Crippen LogP contribution in [0.25, 0.3) is 0 Å². The van der Waals surface area contributed by atoms with E-state index in [4.69, 9.17) is 11.5 Å². The zero-order valence-electron chi connectivity index (χ0n) is 37.6. The summed E-state index contributed by atoms with van der Waals surface area (Å²) in [5.74, 6) is -11.6. The van der Waals surface area contributed by atoms with Crippen LogP contribution in [0, 0.1) is 5.92 Å². The number of hydrogen-bond acceptors (Lipinski definition) is 15. The molecule has 66 heavy (non-hydrogen) atoms. The van der Waals surface area contributed by atoms with Crippen molar-refractivity contribution in [2.45, 2.75) is 146 Å². The zero-order valence-corrected chi connectivity index (χ0v) is 37.6. The summed E-state index contributed by atoms with van der Waals surface area (Å²) >= 11 is 0. The predicted molar refractivity (Wildman–Crippen MR) is 230 cm³/mol. The summed E-state index contributed by atoms with van der Waals surface area (Å²) in [5.41, 5.74) is 10.8. The summed E-state index contributed by atoms with van der Waals surface area (Å²) in [5, 5.41) is 69.0.